The van der Waals surface area contributed by atoms with Gasteiger partial charge in [-0.3, -0.25) is 14.4 Å². The Balaban J connectivity index is 1.42. The van der Waals surface area contributed by atoms with E-state index < -0.39 is 34.7 Å². The predicted molar refractivity (Wildman–Crippen MR) is 159 cm³/mol. The molecule has 3 aromatic carbocycles. The second-order valence-electron chi connectivity index (χ2n) is 12.0. The van der Waals surface area contributed by atoms with Crippen molar-refractivity contribution in [2.75, 3.05) is 23.9 Å². The van der Waals surface area contributed by atoms with Gasteiger partial charge >= 0.3 is 0 Å². The SMILES string of the molecule is CN(C)c1ccc(-c2c3c(nn2-c2ccccc2)CC(C)(C)C2(N=NC4C(=O)N(c5ccccc5)C(=O)C42)C3=O)cc1. The number of azo groups is 1. The van der Waals surface area contributed by atoms with Crippen LogP contribution in [0.4, 0.5) is 11.4 Å². The Bertz CT molecular complexity index is 1780. The largest absolute Gasteiger partial charge is 0.378 e. The van der Waals surface area contributed by atoms with Crippen LogP contribution in [-0.4, -0.2) is 53.1 Å². The average molecular weight is 559 g/mol. The van der Waals surface area contributed by atoms with E-state index in [4.69, 9.17) is 5.10 Å². The Kier molecular flexibility index (Phi) is 5.60. The summed E-state index contributed by atoms with van der Waals surface area (Å²) in [5.41, 5.74) is 2.42. The predicted octanol–water partition coefficient (Wildman–Crippen LogP) is 5.13. The third kappa shape index (κ3) is 3.42. The number of ketones is 1. The first-order valence-electron chi connectivity index (χ1n) is 14.0. The lowest BCUT2D eigenvalue weighted by molar-refractivity contribution is -0.124. The number of carbonyl (C=O) groups excluding carboxylic acids is 3. The molecule has 0 radical (unpaired) electrons. The van der Waals surface area contributed by atoms with Gasteiger partial charge in [-0.05, 0) is 36.4 Å². The molecule has 0 N–H and O–H groups in total. The van der Waals surface area contributed by atoms with Crippen LogP contribution in [0.3, 0.4) is 0 Å². The highest BCUT2D eigenvalue weighted by molar-refractivity contribution is 6.27. The van der Waals surface area contributed by atoms with Gasteiger partial charge in [-0.15, -0.1) is 0 Å². The van der Waals surface area contributed by atoms with E-state index in [0.717, 1.165) is 16.9 Å². The molecule has 3 unspecified atom stereocenters. The zero-order valence-corrected chi connectivity index (χ0v) is 23.9. The first-order valence-corrected chi connectivity index (χ1v) is 14.0. The van der Waals surface area contributed by atoms with Gasteiger partial charge in [-0.25, -0.2) is 9.58 Å². The Morgan fingerprint density at radius 1 is 0.810 bits per heavy atom. The number of amides is 2. The number of benzene rings is 3. The zero-order valence-electron chi connectivity index (χ0n) is 23.9. The Labute approximate surface area is 243 Å². The van der Waals surface area contributed by atoms with E-state index in [2.05, 4.69) is 10.2 Å². The number of anilines is 2. The van der Waals surface area contributed by atoms with Crippen molar-refractivity contribution in [3.8, 4) is 16.9 Å². The maximum absolute atomic E-state index is 15.0. The molecule has 2 amide bonds. The third-order valence-corrected chi connectivity index (χ3v) is 8.91. The van der Waals surface area contributed by atoms with E-state index in [1.165, 1.54) is 4.90 Å². The van der Waals surface area contributed by atoms with E-state index >= 15 is 4.79 Å². The molecule has 2 aliphatic heterocycles. The molecule has 3 heterocycles. The van der Waals surface area contributed by atoms with E-state index in [9.17, 15) is 9.59 Å². The van der Waals surface area contributed by atoms with Crippen molar-refractivity contribution in [2.45, 2.75) is 31.8 Å². The highest BCUT2D eigenvalue weighted by atomic mass is 16.2. The van der Waals surface area contributed by atoms with E-state index in [1.807, 2.05) is 98.2 Å². The standard InChI is InChI=1S/C33H30N6O3/c1-32(2)19-24-25(28(20-15-17-21(18-16-20)37(3)4)39(35-24)23-13-9-6-10-14-23)29(40)33(32)26-27(34-36-33)31(42)38(30(26)41)22-11-7-5-8-12-22/h5-18,26-27H,19H2,1-4H3. The first-order chi connectivity index (χ1) is 20.2. The minimum atomic E-state index is -1.55. The van der Waals surface area contributed by atoms with Crippen LogP contribution in [0.25, 0.3) is 16.9 Å². The molecule has 1 fully saturated rings. The molecule has 210 valence electrons. The second-order valence-corrected chi connectivity index (χ2v) is 12.0. The third-order valence-electron chi connectivity index (χ3n) is 8.91. The highest BCUT2D eigenvalue weighted by Gasteiger charge is 2.72. The lowest BCUT2D eigenvalue weighted by Gasteiger charge is -2.45. The van der Waals surface area contributed by atoms with Crippen LogP contribution in [0.2, 0.25) is 0 Å². The molecule has 1 spiro atoms. The zero-order chi connectivity index (χ0) is 29.4. The minimum Gasteiger partial charge on any atom is -0.378 e. The Morgan fingerprint density at radius 2 is 1.43 bits per heavy atom. The second kappa shape index (κ2) is 9.04. The average Bonchev–Trinajstić information content (AvgIpc) is 3.64. The van der Waals surface area contributed by atoms with Gasteiger partial charge in [0.25, 0.3) is 5.91 Å². The van der Waals surface area contributed by atoms with Crippen LogP contribution >= 0.6 is 0 Å². The molecule has 3 atom stereocenters. The monoisotopic (exact) mass is 558 g/mol. The van der Waals surface area contributed by atoms with Crippen LogP contribution in [0.5, 0.6) is 0 Å². The fourth-order valence-electron chi connectivity index (χ4n) is 6.79. The molecule has 1 aromatic heterocycles. The van der Waals surface area contributed by atoms with Crippen LogP contribution in [-0.2, 0) is 16.0 Å². The first kappa shape index (κ1) is 26.0. The summed E-state index contributed by atoms with van der Waals surface area (Å²) in [4.78, 5) is 45.9. The number of hydrogen-bond acceptors (Lipinski definition) is 7. The molecule has 3 aliphatic rings. The molecule has 7 rings (SSSR count). The minimum absolute atomic E-state index is 0.324. The summed E-state index contributed by atoms with van der Waals surface area (Å²) in [6, 6.07) is 25.4. The molecule has 9 nitrogen and oxygen atoms in total. The fraction of sp³-hybridized carbons (Fsp3) is 0.273. The summed E-state index contributed by atoms with van der Waals surface area (Å²) < 4.78 is 1.81. The summed E-state index contributed by atoms with van der Waals surface area (Å²) in [5.74, 6) is -2.26. The summed E-state index contributed by atoms with van der Waals surface area (Å²) in [6.45, 7) is 3.84. The lowest BCUT2D eigenvalue weighted by atomic mass is 9.56. The Morgan fingerprint density at radius 3 is 2.05 bits per heavy atom. The molecule has 0 bridgehead atoms. The summed E-state index contributed by atoms with van der Waals surface area (Å²) >= 11 is 0. The van der Waals surface area contributed by atoms with E-state index in [-0.39, 0.29) is 5.78 Å². The number of imide groups is 1. The maximum atomic E-state index is 15.0. The maximum Gasteiger partial charge on any atom is 0.261 e. The van der Waals surface area contributed by atoms with Gasteiger partial charge < -0.3 is 4.90 Å². The van der Waals surface area contributed by atoms with Crippen LogP contribution in [0.1, 0.15) is 29.9 Å². The van der Waals surface area contributed by atoms with Gasteiger partial charge in [0.2, 0.25) is 5.91 Å². The van der Waals surface area contributed by atoms with Gasteiger partial charge in [0.05, 0.1) is 28.3 Å². The van der Waals surface area contributed by atoms with Gasteiger partial charge in [0.1, 0.15) is 5.92 Å². The summed E-state index contributed by atoms with van der Waals surface area (Å²) in [6.07, 6.45) is 0.381. The fourth-order valence-corrected chi connectivity index (χ4v) is 6.79. The van der Waals surface area contributed by atoms with Crippen molar-refractivity contribution in [1.29, 1.82) is 0 Å². The van der Waals surface area contributed by atoms with Crippen molar-refractivity contribution < 1.29 is 14.4 Å². The lowest BCUT2D eigenvalue weighted by Crippen LogP contribution is -2.60. The topological polar surface area (TPSA) is 100 Å². The van der Waals surface area contributed by atoms with E-state index in [1.54, 1.807) is 24.3 Å². The molecular weight excluding hydrogens is 528 g/mol. The number of hydrogen-bond donors (Lipinski definition) is 0. The van der Waals surface area contributed by atoms with Gasteiger partial charge in [-0.2, -0.15) is 15.3 Å². The normalized spacial score (nSPS) is 23.9. The van der Waals surface area contributed by atoms with Gasteiger partial charge in [0, 0.05) is 37.2 Å². The highest BCUT2D eigenvalue weighted by Crippen LogP contribution is 2.57. The molecule has 4 aromatic rings. The number of nitrogens with zero attached hydrogens (tertiary/aromatic N) is 6. The Hall–Kier alpha value is -4.92. The molecule has 1 saturated heterocycles. The number of carbonyl (C=O) groups is 3. The number of fused-ring (bicyclic) bond motifs is 3. The molecule has 0 saturated carbocycles. The smallest absolute Gasteiger partial charge is 0.261 e. The summed E-state index contributed by atoms with van der Waals surface area (Å²) in [7, 11) is 3.95. The van der Waals surface area contributed by atoms with Crippen molar-refractivity contribution in [2.24, 2.45) is 21.6 Å². The van der Waals surface area contributed by atoms with Crippen LogP contribution in [0, 0.1) is 11.3 Å². The van der Waals surface area contributed by atoms with Crippen molar-refractivity contribution in [3.05, 3.63) is 96.2 Å². The van der Waals surface area contributed by atoms with Gasteiger partial charge in [-0.1, -0.05) is 62.4 Å². The quantitative estimate of drug-likeness (QED) is 0.323. The van der Waals surface area contributed by atoms with Crippen molar-refractivity contribution in [3.63, 3.8) is 0 Å². The van der Waals surface area contributed by atoms with Crippen molar-refractivity contribution in [1.82, 2.24) is 9.78 Å². The van der Waals surface area contributed by atoms with Crippen LogP contribution in [0.15, 0.2) is 95.2 Å². The summed E-state index contributed by atoms with van der Waals surface area (Å²) in [5, 5.41) is 13.9. The number of rotatable bonds is 4. The molecular formula is C33H30N6O3. The van der Waals surface area contributed by atoms with Crippen LogP contribution < -0.4 is 9.80 Å². The van der Waals surface area contributed by atoms with E-state index in [0.29, 0.717) is 29.1 Å². The number of aromatic nitrogens is 2. The molecule has 9 heteroatoms. The molecule has 42 heavy (non-hydrogen) atoms. The number of para-hydroxylation sites is 2. The molecule has 1 aliphatic carbocycles. The number of Topliss-reactive ketones (excluding diaryl/α,β-unsaturated/α-hetero) is 1. The van der Waals surface area contributed by atoms with Gasteiger partial charge in [0.15, 0.2) is 17.4 Å². The van der Waals surface area contributed by atoms with Crippen molar-refractivity contribution >= 4 is 29.0 Å².